The lowest BCUT2D eigenvalue weighted by Crippen LogP contribution is -2.41. The van der Waals surface area contributed by atoms with Crippen LogP contribution in [-0.4, -0.2) is 68.8 Å². The molecule has 6 heteroatoms. The molecule has 0 aromatic carbocycles. The molecule has 6 nitrogen and oxygen atoms in total. The summed E-state index contributed by atoms with van der Waals surface area (Å²) in [5.74, 6) is 0. The molecule has 0 spiro atoms. The van der Waals surface area contributed by atoms with Crippen molar-refractivity contribution in [3.8, 4) is 0 Å². The summed E-state index contributed by atoms with van der Waals surface area (Å²) in [6.07, 6.45) is -4.29. The van der Waals surface area contributed by atoms with E-state index >= 15 is 0 Å². The van der Waals surface area contributed by atoms with E-state index in [1.54, 1.807) is 6.92 Å². The Balaban J connectivity index is 0. The Kier molecular flexibility index (Phi) is 11.5. The van der Waals surface area contributed by atoms with Gasteiger partial charge in [0.1, 0.15) is 18.3 Å². The van der Waals surface area contributed by atoms with Gasteiger partial charge in [-0.2, -0.15) is 0 Å². The second kappa shape index (κ2) is 9.85. The molecule has 0 aliphatic rings. The van der Waals surface area contributed by atoms with Gasteiger partial charge in [0.15, 0.2) is 0 Å². The van der Waals surface area contributed by atoms with Crippen molar-refractivity contribution in [3.05, 3.63) is 0 Å². The third-order valence-corrected chi connectivity index (χ3v) is 1.16. The van der Waals surface area contributed by atoms with Gasteiger partial charge >= 0.3 is 0 Å². The van der Waals surface area contributed by atoms with Crippen molar-refractivity contribution in [3.63, 3.8) is 0 Å². The Hall–Kier alpha value is -0.240. The molecule has 0 aromatic heterocycles. The van der Waals surface area contributed by atoms with E-state index in [0.717, 1.165) is 0 Å². The average Bonchev–Trinajstić information content (AvgIpc) is 2.15. The Morgan fingerprint density at radius 1 is 0.846 bits per heavy atom. The van der Waals surface area contributed by atoms with Crippen LogP contribution in [0.15, 0.2) is 0 Å². The van der Waals surface area contributed by atoms with Crippen molar-refractivity contribution in [2.24, 2.45) is 0 Å². The Morgan fingerprint density at radius 2 is 1.08 bits per heavy atom. The molecule has 2 atom stereocenters. The molecule has 0 heterocycles. The minimum atomic E-state index is -1.49. The van der Waals surface area contributed by atoms with Gasteiger partial charge in [-0.1, -0.05) is 0 Å². The minimum absolute atomic E-state index is 0.250. The highest BCUT2D eigenvalue weighted by Crippen LogP contribution is 1.97. The highest BCUT2D eigenvalue weighted by Gasteiger charge is 2.22. The van der Waals surface area contributed by atoms with E-state index < -0.39 is 31.5 Å². The summed E-state index contributed by atoms with van der Waals surface area (Å²) < 4.78 is 0. The summed E-state index contributed by atoms with van der Waals surface area (Å²) in [5.41, 5.74) is 0. The van der Waals surface area contributed by atoms with E-state index in [1.807, 2.05) is 0 Å². The van der Waals surface area contributed by atoms with Crippen molar-refractivity contribution in [1.82, 2.24) is 0 Å². The summed E-state index contributed by atoms with van der Waals surface area (Å²) in [5, 5.41) is 50.1. The fourth-order valence-electron chi connectivity index (χ4n) is 0.472. The van der Waals surface area contributed by atoms with Crippen LogP contribution in [0.4, 0.5) is 0 Å². The van der Waals surface area contributed by atoms with E-state index in [-0.39, 0.29) is 6.61 Å². The lowest BCUT2D eigenvalue weighted by molar-refractivity contribution is -0.0900. The predicted octanol–water partition coefficient (Wildman–Crippen LogP) is -2.95. The molecule has 82 valence electrons. The zero-order valence-electron chi connectivity index (χ0n) is 7.54. The maximum atomic E-state index is 8.77. The summed E-state index contributed by atoms with van der Waals surface area (Å²) in [7, 11) is 0. The van der Waals surface area contributed by atoms with E-state index in [9.17, 15) is 0 Å². The van der Waals surface area contributed by atoms with Crippen molar-refractivity contribution < 1.29 is 30.6 Å². The zero-order chi connectivity index (χ0) is 10.9. The highest BCUT2D eigenvalue weighted by atomic mass is 16.4. The SMILES string of the molecule is CCO.OC[C@H](O)C(O)[C@@H](O)CO. The maximum absolute atomic E-state index is 8.77. The van der Waals surface area contributed by atoms with Crippen LogP contribution in [0.5, 0.6) is 0 Å². The molecule has 6 N–H and O–H groups in total. The number of aliphatic hydroxyl groups excluding tert-OH is 6. The Morgan fingerprint density at radius 3 is 1.23 bits per heavy atom. The fraction of sp³-hybridized carbons (Fsp3) is 1.00. The van der Waals surface area contributed by atoms with Gasteiger partial charge < -0.3 is 30.6 Å². The van der Waals surface area contributed by atoms with Crippen molar-refractivity contribution in [2.45, 2.75) is 25.2 Å². The van der Waals surface area contributed by atoms with Gasteiger partial charge in [0.05, 0.1) is 13.2 Å². The summed E-state index contributed by atoms with van der Waals surface area (Å²) in [6.45, 7) is 0.649. The molecular weight excluding hydrogens is 180 g/mol. The third-order valence-electron chi connectivity index (χ3n) is 1.16. The number of hydrogen-bond donors (Lipinski definition) is 6. The average molecular weight is 198 g/mol. The second-order valence-electron chi connectivity index (χ2n) is 2.31. The molecule has 0 radical (unpaired) electrons. The first-order valence-electron chi connectivity index (χ1n) is 3.91. The normalized spacial score (nSPS) is 14.8. The first-order valence-corrected chi connectivity index (χ1v) is 3.91. The third kappa shape index (κ3) is 8.10. The van der Waals surface area contributed by atoms with Gasteiger partial charge in [0.25, 0.3) is 0 Å². The van der Waals surface area contributed by atoms with E-state index in [0.29, 0.717) is 0 Å². The van der Waals surface area contributed by atoms with Gasteiger partial charge in [-0.3, -0.25) is 0 Å². The summed E-state index contributed by atoms with van der Waals surface area (Å²) in [6, 6.07) is 0. The standard InChI is InChI=1S/C5H12O5.C2H6O/c6-1-3(8)5(10)4(9)2-7;1-2-3/h3-10H,1-2H2;3H,2H2,1H3/t3-,4-;/m0./s1. The smallest absolute Gasteiger partial charge is 0.110 e. The molecule has 0 saturated heterocycles. The molecule has 0 fully saturated rings. The van der Waals surface area contributed by atoms with Crippen LogP contribution in [0, 0.1) is 0 Å². The van der Waals surface area contributed by atoms with Gasteiger partial charge in [-0.25, -0.2) is 0 Å². The molecule has 0 aliphatic heterocycles. The van der Waals surface area contributed by atoms with Crippen LogP contribution in [0.1, 0.15) is 6.92 Å². The molecule has 0 amide bonds. The van der Waals surface area contributed by atoms with Gasteiger partial charge in [0.2, 0.25) is 0 Å². The van der Waals surface area contributed by atoms with Crippen LogP contribution in [-0.2, 0) is 0 Å². The molecular formula is C7H18O6. The Bertz CT molecular complexity index is 89.0. The van der Waals surface area contributed by atoms with Crippen LogP contribution >= 0.6 is 0 Å². The first kappa shape index (κ1) is 15.2. The van der Waals surface area contributed by atoms with E-state index in [1.165, 1.54) is 0 Å². The lowest BCUT2D eigenvalue weighted by Gasteiger charge is -2.19. The monoisotopic (exact) mass is 198 g/mol. The number of rotatable bonds is 4. The molecule has 0 unspecified atom stereocenters. The minimum Gasteiger partial charge on any atom is -0.397 e. The quantitative estimate of drug-likeness (QED) is 0.287. The zero-order valence-corrected chi connectivity index (χ0v) is 7.54. The molecule has 0 aliphatic carbocycles. The molecule has 0 rings (SSSR count). The number of aliphatic hydroxyl groups is 6. The van der Waals surface area contributed by atoms with E-state index in [4.69, 9.17) is 30.6 Å². The molecule has 0 aromatic rings. The molecule has 0 saturated carbocycles. The topological polar surface area (TPSA) is 121 Å². The van der Waals surface area contributed by atoms with Crippen molar-refractivity contribution in [1.29, 1.82) is 0 Å². The van der Waals surface area contributed by atoms with Gasteiger partial charge in [-0.15, -0.1) is 0 Å². The van der Waals surface area contributed by atoms with Crippen LogP contribution in [0.25, 0.3) is 0 Å². The predicted molar refractivity (Wildman–Crippen MR) is 45.0 cm³/mol. The van der Waals surface area contributed by atoms with Gasteiger partial charge in [0, 0.05) is 6.61 Å². The van der Waals surface area contributed by atoms with Crippen LogP contribution in [0.2, 0.25) is 0 Å². The molecule has 13 heavy (non-hydrogen) atoms. The summed E-state index contributed by atoms with van der Waals surface area (Å²) >= 11 is 0. The van der Waals surface area contributed by atoms with Crippen molar-refractivity contribution in [2.75, 3.05) is 19.8 Å². The first-order chi connectivity index (χ1) is 6.04. The lowest BCUT2D eigenvalue weighted by atomic mass is 10.1. The largest absolute Gasteiger partial charge is 0.397 e. The molecule has 0 bridgehead atoms. The Labute approximate surface area is 76.7 Å². The summed E-state index contributed by atoms with van der Waals surface area (Å²) in [4.78, 5) is 0. The van der Waals surface area contributed by atoms with E-state index in [2.05, 4.69) is 0 Å². The fourth-order valence-corrected chi connectivity index (χ4v) is 0.472. The second-order valence-corrected chi connectivity index (χ2v) is 2.31. The van der Waals surface area contributed by atoms with Crippen LogP contribution < -0.4 is 0 Å². The van der Waals surface area contributed by atoms with Gasteiger partial charge in [-0.05, 0) is 6.92 Å². The van der Waals surface area contributed by atoms with Crippen LogP contribution in [0.3, 0.4) is 0 Å². The number of hydrogen-bond acceptors (Lipinski definition) is 6. The van der Waals surface area contributed by atoms with Crippen molar-refractivity contribution >= 4 is 0 Å². The maximum Gasteiger partial charge on any atom is 0.110 e. The highest BCUT2D eigenvalue weighted by molar-refractivity contribution is 4.73.